The Morgan fingerprint density at radius 2 is 1.88 bits per heavy atom. The van der Waals surface area contributed by atoms with Gasteiger partial charge in [0.05, 0.1) is 21.1 Å². The van der Waals surface area contributed by atoms with Crippen LogP contribution in [0.4, 0.5) is 10.5 Å². The quantitative estimate of drug-likeness (QED) is 0.348. The Balaban J connectivity index is 2.62. The van der Waals surface area contributed by atoms with E-state index < -0.39 is 6.09 Å². The number of nitrogens with two attached hydrogens (primary N) is 1. The number of rotatable bonds is 3. The first-order valence-corrected chi connectivity index (χ1v) is 4.98. The first-order chi connectivity index (χ1) is 7.43. The normalized spacial score (nSPS) is 11.0. The zero-order valence-electron chi connectivity index (χ0n) is 9.86. The summed E-state index contributed by atoms with van der Waals surface area (Å²) in [6.07, 6.45) is -0.629. The number of ether oxygens (including phenoxy) is 1. The number of carbonyl (C=O) groups excluding carboxylic acids is 1. The van der Waals surface area contributed by atoms with Crippen molar-refractivity contribution in [3.8, 4) is 0 Å². The van der Waals surface area contributed by atoms with Crippen molar-refractivity contribution in [3.63, 3.8) is 0 Å². The molecule has 1 aromatic carbocycles. The maximum absolute atomic E-state index is 10.7. The van der Waals surface area contributed by atoms with Crippen LogP contribution in [0.25, 0.3) is 0 Å². The lowest BCUT2D eigenvalue weighted by atomic mass is 10.2. The van der Waals surface area contributed by atoms with Crippen molar-refractivity contribution in [2.75, 3.05) is 21.1 Å². The van der Waals surface area contributed by atoms with Crippen LogP contribution in [0.15, 0.2) is 24.3 Å². The van der Waals surface area contributed by atoms with Gasteiger partial charge >= 0.3 is 6.09 Å². The molecule has 0 unspecified atom stereocenters. The van der Waals surface area contributed by atoms with Gasteiger partial charge in [0.2, 0.25) is 0 Å². The van der Waals surface area contributed by atoms with Gasteiger partial charge in [-0.3, -0.25) is 9.91 Å². The Hall–Kier alpha value is -1.59. The number of nitrogens with one attached hydrogen (secondary N) is 1. The van der Waals surface area contributed by atoms with E-state index in [4.69, 9.17) is 10.6 Å². The molecule has 5 nitrogen and oxygen atoms in total. The molecule has 16 heavy (non-hydrogen) atoms. The predicted octanol–water partition coefficient (Wildman–Crippen LogP) is 0.983. The van der Waals surface area contributed by atoms with Gasteiger partial charge in [0.25, 0.3) is 0 Å². The van der Waals surface area contributed by atoms with Crippen LogP contribution < -0.4 is 15.8 Å². The summed E-state index contributed by atoms with van der Waals surface area (Å²) in [7, 11) is 6.27. The minimum atomic E-state index is -0.629. The molecule has 0 bridgehead atoms. The second kappa shape index (κ2) is 4.96. The zero-order valence-corrected chi connectivity index (χ0v) is 9.86. The molecule has 0 radical (unpaired) electrons. The SMILES string of the molecule is C[N+](C)(C)c1ccc(COC(=O)NN)cc1. The molecule has 0 aliphatic carbocycles. The third kappa shape index (κ3) is 3.52. The third-order valence-corrected chi connectivity index (χ3v) is 2.20. The first kappa shape index (κ1) is 12.5. The summed E-state index contributed by atoms with van der Waals surface area (Å²) >= 11 is 0. The first-order valence-electron chi connectivity index (χ1n) is 4.98. The molecule has 5 heteroatoms. The van der Waals surface area contributed by atoms with Crippen LogP contribution in [-0.2, 0) is 11.3 Å². The maximum Gasteiger partial charge on any atom is 0.421 e. The molecule has 0 aromatic heterocycles. The van der Waals surface area contributed by atoms with Crippen LogP contribution in [-0.4, -0.2) is 27.2 Å². The lowest BCUT2D eigenvalue weighted by Crippen LogP contribution is -2.34. The smallest absolute Gasteiger partial charge is 0.421 e. The fourth-order valence-electron chi connectivity index (χ4n) is 1.23. The van der Waals surface area contributed by atoms with Crippen molar-refractivity contribution in [3.05, 3.63) is 29.8 Å². The third-order valence-electron chi connectivity index (χ3n) is 2.20. The van der Waals surface area contributed by atoms with Gasteiger partial charge in [0, 0.05) is 0 Å². The van der Waals surface area contributed by atoms with Crippen molar-refractivity contribution in [1.82, 2.24) is 9.91 Å². The second-order valence-corrected chi connectivity index (χ2v) is 4.40. The fourth-order valence-corrected chi connectivity index (χ4v) is 1.23. The Morgan fingerprint density at radius 1 is 1.31 bits per heavy atom. The van der Waals surface area contributed by atoms with Gasteiger partial charge in [-0.25, -0.2) is 10.6 Å². The van der Waals surface area contributed by atoms with Crippen molar-refractivity contribution in [1.29, 1.82) is 0 Å². The maximum atomic E-state index is 10.7. The monoisotopic (exact) mass is 224 g/mol. The molecule has 0 saturated heterocycles. The Labute approximate surface area is 95.4 Å². The van der Waals surface area contributed by atoms with Gasteiger partial charge < -0.3 is 4.74 Å². The van der Waals surface area contributed by atoms with Gasteiger partial charge in [0.1, 0.15) is 12.3 Å². The lowest BCUT2D eigenvalue weighted by Gasteiger charge is -2.23. The number of amides is 1. The molecule has 0 spiro atoms. The molecule has 1 rings (SSSR count). The van der Waals surface area contributed by atoms with E-state index in [1.54, 1.807) is 0 Å². The fraction of sp³-hybridized carbons (Fsp3) is 0.364. The minimum absolute atomic E-state index is 0.223. The molecular weight excluding hydrogens is 206 g/mol. The number of nitrogens with zero attached hydrogens (tertiary/aromatic N) is 1. The Morgan fingerprint density at radius 3 is 2.31 bits per heavy atom. The number of quaternary nitrogens is 1. The van der Waals surface area contributed by atoms with E-state index in [1.165, 1.54) is 5.69 Å². The van der Waals surface area contributed by atoms with Crippen molar-refractivity contribution in [2.24, 2.45) is 5.84 Å². The van der Waals surface area contributed by atoms with Crippen molar-refractivity contribution >= 4 is 11.8 Å². The van der Waals surface area contributed by atoms with Crippen LogP contribution in [0.2, 0.25) is 0 Å². The summed E-state index contributed by atoms with van der Waals surface area (Å²) in [5.41, 5.74) is 4.02. The largest absolute Gasteiger partial charge is 0.444 e. The van der Waals surface area contributed by atoms with Gasteiger partial charge in [-0.2, -0.15) is 0 Å². The molecule has 0 saturated carbocycles. The molecule has 88 valence electrons. The van der Waals surface area contributed by atoms with Crippen LogP contribution >= 0.6 is 0 Å². The average Bonchev–Trinajstić information content (AvgIpc) is 2.25. The summed E-state index contributed by atoms with van der Waals surface area (Å²) in [5.74, 6) is 4.89. The molecule has 1 aromatic rings. The van der Waals surface area contributed by atoms with Crippen LogP contribution in [0.5, 0.6) is 0 Å². The summed E-state index contributed by atoms with van der Waals surface area (Å²) in [6.45, 7) is 0.223. The van der Waals surface area contributed by atoms with E-state index in [1.807, 2.05) is 29.7 Å². The molecule has 0 atom stereocenters. The highest BCUT2D eigenvalue weighted by Crippen LogP contribution is 2.17. The highest BCUT2D eigenvalue weighted by atomic mass is 16.5. The number of carbonyl (C=O) groups is 1. The minimum Gasteiger partial charge on any atom is -0.444 e. The van der Waals surface area contributed by atoms with E-state index in [9.17, 15) is 4.79 Å². The van der Waals surface area contributed by atoms with E-state index in [0.717, 1.165) is 10.0 Å². The number of hydrazine groups is 1. The van der Waals surface area contributed by atoms with Gasteiger partial charge in [0.15, 0.2) is 0 Å². The topological polar surface area (TPSA) is 64.3 Å². The lowest BCUT2D eigenvalue weighted by molar-refractivity contribution is 0.140. The molecule has 0 aliphatic rings. The van der Waals surface area contributed by atoms with E-state index >= 15 is 0 Å². The van der Waals surface area contributed by atoms with Crippen LogP contribution in [0.3, 0.4) is 0 Å². The zero-order chi connectivity index (χ0) is 12.2. The highest BCUT2D eigenvalue weighted by Gasteiger charge is 2.11. The number of hydrogen-bond acceptors (Lipinski definition) is 3. The Kier molecular flexibility index (Phi) is 3.87. The molecule has 0 fully saturated rings. The molecule has 0 aliphatic heterocycles. The highest BCUT2D eigenvalue weighted by molar-refractivity contribution is 5.66. The standard InChI is InChI=1S/C11H17N3O2/c1-14(2,3)10-6-4-9(5-7-10)8-16-11(15)13-12/h4-7H,8,12H2,1-3H3/p+1. The summed E-state index contributed by atoms with van der Waals surface area (Å²) in [5, 5.41) is 0. The second-order valence-electron chi connectivity index (χ2n) is 4.40. The molecule has 1 amide bonds. The van der Waals surface area contributed by atoms with Gasteiger partial charge in [-0.05, 0) is 29.8 Å². The number of hydrogen-bond donors (Lipinski definition) is 2. The summed E-state index contributed by atoms with van der Waals surface area (Å²) in [4.78, 5) is 10.7. The van der Waals surface area contributed by atoms with Gasteiger partial charge in [-0.15, -0.1) is 0 Å². The van der Waals surface area contributed by atoms with Crippen molar-refractivity contribution in [2.45, 2.75) is 6.61 Å². The van der Waals surface area contributed by atoms with E-state index in [0.29, 0.717) is 0 Å². The van der Waals surface area contributed by atoms with Crippen molar-refractivity contribution < 1.29 is 9.53 Å². The van der Waals surface area contributed by atoms with Gasteiger partial charge in [-0.1, -0.05) is 0 Å². The summed E-state index contributed by atoms with van der Waals surface area (Å²) < 4.78 is 5.58. The van der Waals surface area contributed by atoms with Crippen LogP contribution in [0.1, 0.15) is 5.56 Å². The molecule has 3 N–H and O–H groups in total. The summed E-state index contributed by atoms with van der Waals surface area (Å²) in [6, 6.07) is 7.89. The molecular formula is C11H18N3O2+. The Bertz CT molecular complexity index is 354. The van der Waals surface area contributed by atoms with Crippen LogP contribution in [0, 0.1) is 0 Å². The predicted molar refractivity (Wildman–Crippen MR) is 63.5 cm³/mol. The average molecular weight is 224 g/mol. The van der Waals surface area contributed by atoms with E-state index in [-0.39, 0.29) is 6.61 Å². The number of benzene rings is 1. The van der Waals surface area contributed by atoms with E-state index in [2.05, 4.69) is 21.1 Å². The molecule has 0 heterocycles.